The van der Waals surface area contributed by atoms with Gasteiger partial charge in [0, 0.05) is 12.1 Å². The van der Waals surface area contributed by atoms with E-state index in [1.165, 1.54) is 77.0 Å². The molecule has 116 valence electrons. The summed E-state index contributed by atoms with van der Waals surface area (Å²) in [5.74, 6) is 0.239. The molecule has 1 amide bonds. The fourth-order valence-corrected chi connectivity index (χ4v) is 3.75. The highest BCUT2D eigenvalue weighted by Gasteiger charge is 2.21. The first kappa shape index (κ1) is 15.8. The average molecular weight is 280 g/mol. The van der Waals surface area contributed by atoms with Crippen molar-refractivity contribution in [3.63, 3.8) is 0 Å². The molecule has 2 fully saturated rings. The fourth-order valence-electron chi connectivity index (χ4n) is 3.75. The molecule has 0 bridgehead atoms. The molecule has 2 saturated carbocycles. The molecule has 20 heavy (non-hydrogen) atoms. The van der Waals surface area contributed by atoms with Crippen molar-refractivity contribution in [3.05, 3.63) is 0 Å². The molecule has 3 nitrogen and oxygen atoms in total. The summed E-state index contributed by atoms with van der Waals surface area (Å²) in [6.07, 6.45) is 15.6. The second kappa shape index (κ2) is 8.66. The monoisotopic (exact) mass is 280 g/mol. The minimum Gasteiger partial charge on any atom is -0.352 e. The number of nitrogens with zero attached hydrogens (tertiary/aromatic N) is 1. The number of carbonyl (C=O) groups excluding carboxylic acids is 1. The lowest BCUT2D eigenvalue weighted by Crippen LogP contribution is -2.44. The van der Waals surface area contributed by atoms with Gasteiger partial charge in [-0.1, -0.05) is 51.4 Å². The van der Waals surface area contributed by atoms with Gasteiger partial charge >= 0.3 is 0 Å². The van der Waals surface area contributed by atoms with Crippen LogP contribution in [0.3, 0.4) is 0 Å². The molecule has 0 unspecified atom stereocenters. The van der Waals surface area contributed by atoms with Crippen LogP contribution in [-0.2, 0) is 4.79 Å². The zero-order chi connectivity index (χ0) is 14.2. The molecule has 3 heteroatoms. The second-order valence-electron chi connectivity index (χ2n) is 6.82. The molecule has 2 aliphatic rings. The lowest BCUT2D eigenvalue weighted by molar-refractivity contribution is -0.123. The zero-order valence-electron chi connectivity index (χ0n) is 13.2. The number of likely N-dealkylation sites (N-methyl/N-ethyl adjacent to an activating group) is 1. The second-order valence-corrected chi connectivity index (χ2v) is 6.82. The maximum atomic E-state index is 12.2. The Morgan fingerprint density at radius 2 is 1.40 bits per heavy atom. The van der Waals surface area contributed by atoms with Gasteiger partial charge in [-0.2, -0.15) is 0 Å². The van der Waals surface area contributed by atoms with Gasteiger partial charge in [0.2, 0.25) is 5.91 Å². The van der Waals surface area contributed by atoms with Crippen LogP contribution in [0.25, 0.3) is 0 Å². The third-order valence-electron chi connectivity index (χ3n) is 5.06. The van der Waals surface area contributed by atoms with Crippen LogP contribution < -0.4 is 5.32 Å². The van der Waals surface area contributed by atoms with Crippen molar-refractivity contribution >= 4 is 5.91 Å². The van der Waals surface area contributed by atoms with E-state index in [1.54, 1.807) is 0 Å². The van der Waals surface area contributed by atoms with Crippen LogP contribution in [0.15, 0.2) is 0 Å². The van der Waals surface area contributed by atoms with Gasteiger partial charge in [0.25, 0.3) is 0 Å². The minimum absolute atomic E-state index is 0.239. The Morgan fingerprint density at radius 1 is 0.900 bits per heavy atom. The van der Waals surface area contributed by atoms with Crippen molar-refractivity contribution < 1.29 is 4.79 Å². The summed E-state index contributed by atoms with van der Waals surface area (Å²) in [4.78, 5) is 14.5. The van der Waals surface area contributed by atoms with Crippen LogP contribution >= 0.6 is 0 Å². The van der Waals surface area contributed by atoms with Crippen molar-refractivity contribution in [1.82, 2.24) is 10.2 Å². The third-order valence-corrected chi connectivity index (χ3v) is 5.06. The van der Waals surface area contributed by atoms with E-state index >= 15 is 0 Å². The van der Waals surface area contributed by atoms with Gasteiger partial charge in [0.15, 0.2) is 0 Å². The van der Waals surface area contributed by atoms with Crippen LogP contribution in [0.1, 0.15) is 77.0 Å². The van der Waals surface area contributed by atoms with Crippen LogP contribution in [0, 0.1) is 0 Å². The smallest absolute Gasteiger partial charge is 0.234 e. The summed E-state index contributed by atoms with van der Waals surface area (Å²) in [7, 11) is 2.12. The topological polar surface area (TPSA) is 32.3 Å². The highest BCUT2D eigenvalue weighted by molar-refractivity contribution is 5.78. The number of hydrogen-bond acceptors (Lipinski definition) is 2. The van der Waals surface area contributed by atoms with Gasteiger partial charge in [-0.3, -0.25) is 9.69 Å². The Labute approximate surface area is 124 Å². The lowest BCUT2D eigenvalue weighted by atomic mass is 9.94. The Morgan fingerprint density at radius 3 is 2.05 bits per heavy atom. The molecule has 0 atom stereocenters. The molecule has 0 aromatic heterocycles. The van der Waals surface area contributed by atoms with Crippen molar-refractivity contribution in [2.45, 2.75) is 89.1 Å². The molecule has 0 aliphatic heterocycles. The summed E-state index contributed by atoms with van der Waals surface area (Å²) in [6.45, 7) is 0.584. The lowest BCUT2D eigenvalue weighted by Gasteiger charge is -2.31. The van der Waals surface area contributed by atoms with Crippen LogP contribution in [0.4, 0.5) is 0 Å². The molecule has 0 heterocycles. The first-order valence-corrected chi connectivity index (χ1v) is 8.75. The number of carbonyl (C=O) groups is 1. The van der Waals surface area contributed by atoms with Gasteiger partial charge in [0.05, 0.1) is 6.54 Å². The number of hydrogen-bond donors (Lipinski definition) is 1. The summed E-state index contributed by atoms with van der Waals surface area (Å²) < 4.78 is 0. The molecular weight excluding hydrogens is 248 g/mol. The van der Waals surface area contributed by atoms with Gasteiger partial charge in [0.1, 0.15) is 0 Å². The summed E-state index contributed by atoms with van der Waals surface area (Å²) in [5, 5.41) is 3.28. The van der Waals surface area contributed by atoms with E-state index in [2.05, 4.69) is 17.3 Å². The highest BCUT2D eigenvalue weighted by Crippen LogP contribution is 2.21. The molecule has 0 saturated heterocycles. The first-order chi connectivity index (χ1) is 9.75. The van der Waals surface area contributed by atoms with E-state index in [1.807, 2.05) is 0 Å². The zero-order valence-corrected chi connectivity index (χ0v) is 13.2. The molecule has 1 N–H and O–H groups in total. The Balaban J connectivity index is 1.70. The average Bonchev–Trinajstić information content (AvgIpc) is 2.42. The van der Waals surface area contributed by atoms with E-state index in [4.69, 9.17) is 0 Å². The fraction of sp³-hybridized carbons (Fsp3) is 0.941. The van der Waals surface area contributed by atoms with E-state index in [0.717, 1.165) is 0 Å². The van der Waals surface area contributed by atoms with Gasteiger partial charge in [-0.25, -0.2) is 0 Å². The summed E-state index contributed by atoms with van der Waals surface area (Å²) in [5.41, 5.74) is 0. The maximum absolute atomic E-state index is 12.2. The van der Waals surface area contributed by atoms with Crippen molar-refractivity contribution in [1.29, 1.82) is 0 Å². The van der Waals surface area contributed by atoms with Crippen LogP contribution in [0.2, 0.25) is 0 Å². The molecule has 2 aliphatic carbocycles. The molecule has 0 radical (unpaired) electrons. The van der Waals surface area contributed by atoms with Crippen molar-refractivity contribution in [3.8, 4) is 0 Å². The number of amides is 1. The van der Waals surface area contributed by atoms with E-state index < -0.39 is 0 Å². The van der Waals surface area contributed by atoms with Gasteiger partial charge < -0.3 is 5.32 Å². The van der Waals surface area contributed by atoms with E-state index in [9.17, 15) is 4.79 Å². The minimum atomic E-state index is 0.239. The van der Waals surface area contributed by atoms with E-state index in [0.29, 0.717) is 18.6 Å². The Hall–Kier alpha value is -0.570. The van der Waals surface area contributed by atoms with Gasteiger partial charge in [-0.15, -0.1) is 0 Å². The van der Waals surface area contributed by atoms with Crippen molar-refractivity contribution in [2.75, 3.05) is 13.6 Å². The van der Waals surface area contributed by atoms with E-state index in [-0.39, 0.29) is 5.91 Å². The normalized spacial score (nSPS) is 23.3. The standard InChI is InChI=1S/C17H32N2O/c1-19(16-12-8-5-9-13-16)14-17(20)18-15-10-6-3-2-4-7-11-15/h15-16H,2-14H2,1H3,(H,18,20). The predicted octanol–water partition coefficient (Wildman–Crippen LogP) is 3.48. The van der Waals surface area contributed by atoms with Crippen molar-refractivity contribution in [2.24, 2.45) is 0 Å². The molecule has 0 spiro atoms. The third kappa shape index (κ3) is 5.43. The molecular formula is C17H32N2O. The Kier molecular flexibility index (Phi) is 6.85. The maximum Gasteiger partial charge on any atom is 0.234 e. The van der Waals surface area contributed by atoms with Crippen LogP contribution in [-0.4, -0.2) is 36.5 Å². The molecule has 2 rings (SSSR count). The van der Waals surface area contributed by atoms with Gasteiger partial charge in [-0.05, 0) is 32.7 Å². The highest BCUT2D eigenvalue weighted by atomic mass is 16.2. The molecule has 0 aromatic rings. The molecule has 0 aromatic carbocycles. The quantitative estimate of drug-likeness (QED) is 0.855. The summed E-state index contributed by atoms with van der Waals surface area (Å²) in [6, 6.07) is 1.06. The largest absolute Gasteiger partial charge is 0.352 e. The SMILES string of the molecule is CN(CC(=O)NC1CCCCCCC1)C1CCCCC1. The number of rotatable bonds is 4. The van der Waals surface area contributed by atoms with Crippen LogP contribution in [0.5, 0.6) is 0 Å². The number of nitrogens with one attached hydrogen (secondary N) is 1. The summed E-state index contributed by atoms with van der Waals surface area (Å²) >= 11 is 0. The first-order valence-electron chi connectivity index (χ1n) is 8.75. The Bertz CT molecular complexity index is 273. The predicted molar refractivity (Wildman–Crippen MR) is 83.8 cm³/mol.